The average molecular weight is 276 g/mol. The van der Waals surface area contributed by atoms with Crippen molar-refractivity contribution in [1.82, 2.24) is 5.32 Å². The maximum absolute atomic E-state index is 5.99. The van der Waals surface area contributed by atoms with Gasteiger partial charge < -0.3 is 9.73 Å². The Bertz CT molecular complexity index is 543. The SMILES string of the molecule is Clc1cccc(-c2ccc(CNC3CCCC3)o2)c1. The smallest absolute Gasteiger partial charge is 0.134 e. The lowest BCUT2D eigenvalue weighted by molar-refractivity contribution is 0.452. The van der Waals surface area contributed by atoms with E-state index in [4.69, 9.17) is 16.0 Å². The summed E-state index contributed by atoms with van der Waals surface area (Å²) < 4.78 is 5.86. The van der Waals surface area contributed by atoms with Crippen molar-refractivity contribution in [2.45, 2.75) is 38.3 Å². The number of halogens is 1. The monoisotopic (exact) mass is 275 g/mol. The van der Waals surface area contributed by atoms with E-state index >= 15 is 0 Å². The van der Waals surface area contributed by atoms with Crippen molar-refractivity contribution in [3.8, 4) is 11.3 Å². The molecule has 1 aromatic heterocycles. The van der Waals surface area contributed by atoms with Gasteiger partial charge >= 0.3 is 0 Å². The lowest BCUT2D eigenvalue weighted by atomic mass is 10.2. The molecule has 1 fully saturated rings. The molecule has 0 aliphatic heterocycles. The Morgan fingerprint density at radius 1 is 1.16 bits per heavy atom. The Labute approximate surface area is 118 Å². The van der Waals surface area contributed by atoms with Crippen LogP contribution in [0.5, 0.6) is 0 Å². The first kappa shape index (κ1) is 12.8. The van der Waals surface area contributed by atoms with Gasteiger partial charge in [0.2, 0.25) is 0 Å². The number of hydrogen-bond acceptors (Lipinski definition) is 2. The molecular formula is C16H18ClNO. The van der Waals surface area contributed by atoms with Gasteiger partial charge in [0.15, 0.2) is 0 Å². The predicted molar refractivity (Wildman–Crippen MR) is 78.2 cm³/mol. The highest BCUT2D eigenvalue weighted by Gasteiger charge is 2.14. The van der Waals surface area contributed by atoms with Gasteiger partial charge in [-0.2, -0.15) is 0 Å². The van der Waals surface area contributed by atoms with Crippen LogP contribution in [0.25, 0.3) is 11.3 Å². The molecule has 2 aromatic rings. The minimum absolute atomic E-state index is 0.666. The van der Waals surface area contributed by atoms with Gasteiger partial charge in [-0.05, 0) is 37.1 Å². The first-order chi connectivity index (χ1) is 9.31. The molecule has 3 heteroatoms. The Morgan fingerprint density at radius 3 is 2.79 bits per heavy atom. The van der Waals surface area contributed by atoms with Gasteiger partial charge in [0.25, 0.3) is 0 Å². The summed E-state index contributed by atoms with van der Waals surface area (Å²) in [6, 6.07) is 12.5. The second-order valence-electron chi connectivity index (χ2n) is 5.14. The van der Waals surface area contributed by atoms with Gasteiger partial charge in [0.05, 0.1) is 6.54 Å². The highest BCUT2D eigenvalue weighted by atomic mass is 35.5. The Balaban J connectivity index is 1.65. The van der Waals surface area contributed by atoms with Crippen LogP contribution in [0.2, 0.25) is 5.02 Å². The first-order valence-electron chi connectivity index (χ1n) is 6.89. The Kier molecular flexibility index (Phi) is 3.90. The zero-order valence-electron chi connectivity index (χ0n) is 10.9. The maximum Gasteiger partial charge on any atom is 0.134 e. The van der Waals surface area contributed by atoms with Crippen LogP contribution in [0.3, 0.4) is 0 Å². The molecule has 1 saturated carbocycles. The lowest BCUT2D eigenvalue weighted by Gasteiger charge is -2.09. The summed E-state index contributed by atoms with van der Waals surface area (Å²) in [4.78, 5) is 0. The number of benzene rings is 1. The molecule has 0 radical (unpaired) electrons. The van der Waals surface area contributed by atoms with Crippen LogP contribution in [0, 0.1) is 0 Å². The van der Waals surface area contributed by atoms with Crippen molar-refractivity contribution in [3.63, 3.8) is 0 Å². The third-order valence-corrected chi connectivity index (χ3v) is 3.93. The summed E-state index contributed by atoms with van der Waals surface area (Å²) in [5.41, 5.74) is 1.03. The van der Waals surface area contributed by atoms with E-state index in [1.165, 1.54) is 25.7 Å². The van der Waals surface area contributed by atoms with E-state index < -0.39 is 0 Å². The van der Waals surface area contributed by atoms with Crippen LogP contribution in [0.4, 0.5) is 0 Å². The Hall–Kier alpha value is -1.25. The molecule has 0 atom stereocenters. The molecule has 2 nitrogen and oxygen atoms in total. The highest BCUT2D eigenvalue weighted by molar-refractivity contribution is 6.30. The molecule has 1 heterocycles. The molecule has 0 spiro atoms. The lowest BCUT2D eigenvalue weighted by Crippen LogP contribution is -2.24. The minimum atomic E-state index is 0.666. The summed E-state index contributed by atoms with van der Waals surface area (Å²) in [7, 11) is 0. The highest BCUT2D eigenvalue weighted by Crippen LogP contribution is 2.25. The number of rotatable bonds is 4. The van der Waals surface area contributed by atoms with E-state index in [-0.39, 0.29) is 0 Å². The van der Waals surface area contributed by atoms with Gasteiger partial charge in [0, 0.05) is 16.6 Å². The van der Waals surface area contributed by atoms with Gasteiger partial charge in [-0.15, -0.1) is 0 Å². The van der Waals surface area contributed by atoms with Crippen molar-refractivity contribution < 1.29 is 4.42 Å². The molecule has 19 heavy (non-hydrogen) atoms. The minimum Gasteiger partial charge on any atom is -0.460 e. The first-order valence-corrected chi connectivity index (χ1v) is 7.27. The van der Waals surface area contributed by atoms with Crippen LogP contribution in [-0.4, -0.2) is 6.04 Å². The van der Waals surface area contributed by atoms with E-state index in [2.05, 4.69) is 5.32 Å². The van der Waals surface area contributed by atoms with Crippen molar-refractivity contribution in [2.75, 3.05) is 0 Å². The van der Waals surface area contributed by atoms with Crippen LogP contribution < -0.4 is 5.32 Å². The third kappa shape index (κ3) is 3.20. The van der Waals surface area contributed by atoms with Crippen LogP contribution in [0.1, 0.15) is 31.4 Å². The van der Waals surface area contributed by atoms with E-state index in [0.717, 1.165) is 28.7 Å². The summed E-state index contributed by atoms with van der Waals surface area (Å²) in [6.45, 7) is 0.811. The molecule has 3 rings (SSSR count). The van der Waals surface area contributed by atoms with Crippen LogP contribution in [0.15, 0.2) is 40.8 Å². The molecule has 0 saturated heterocycles. The number of hydrogen-bond donors (Lipinski definition) is 1. The van der Waals surface area contributed by atoms with Crippen molar-refractivity contribution in [2.24, 2.45) is 0 Å². The number of nitrogens with one attached hydrogen (secondary N) is 1. The molecule has 100 valence electrons. The molecule has 0 bridgehead atoms. The van der Waals surface area contributed by atoms with Gasteiger partial charge in [-0.3, -0.25) is 0 Å². The second-order valence-corrected chi connectivity index (χ2v) is 5.58. The van der Waals surface area contributed by atoms with Crippen LogP contribution in [-0.2, 0) is 6.54 Å². The van der Waals surface area contributed by atoms with E-state index in [1.54, 1.807) is 0 Å². The molecular weight excluding hydrogens is 258 g/mol. The maximum atomic E-state index is 5.99. The summed E-state index contributed by atoms with van der Waals surface area (Å²) in [5.74, 6) is 1.87. The molecule has 1 N–H and O–H groups in total. The van der Waals surface area contributed by atoms with E-state index in [9.17, 15) is 0 Å². The van der Waals surface area contributed by atoms with E-state index in [1.807, 2.05) is 36.4 Å². The standard InChI is InChI=1S/C16H18ClNO/c17-13-5-3-4-12(10-13)16-9-8-15(19-16)11-18-14-6-1-2-7-14/h3-5,8-10,14,18H,1-2,6-7,11H2. The van der Waals surface area contributed by atoms with Crippen molar-refractivity contribution >= 4 is 11.6 Å². The van der Waals surface area contributed by atoms with E-state index in [0.29, 0.717) is 6.04 Å². The summed E-state index contributed by atoms with van der Waals surface area (Å²) >= 11 is 5.99. The Morgan fingerprint density at radius 2 is 2.00 bits per heavy atom. The molecule has 0 unspecified atom stereocenters. The fraction of sp³-hybridized carbons (Fsp3) is 0.375. The second kappa shape index (κ2) is 5.81. The van der Waals surface area contributed by atoms with Crippen LogP contribution >= 0.6 is 11.6 Å². The predicted octanol–water partition coefficient (Wildman–Crippen LogP) is 4.63. The molecule has 1 aromatic carbocycles. The fourth-order valence-corrected chi connectivity index (χ4v) is 2.83. The molecule has 0 amide bonds. The summed E-state index contributed by atoms with van der Waals surface area (Å²) in [5, 5.41) is 4.29. The topological polar surface area (TPSA) is 25.2 Å². The largest absolute Gasteiger partial charge is 0.460 e. The molecule has 1 aliphatic rings. The van der Waals surface area contributed by atoms with Gasteiger partial charge in [0.1, 0.15) is 11.5 Å². The average Bonchev–Trinajstić information content (AvgIpc) is 3.08. The number of furan rings is 1. The third-order valence-electron chi connectivity index (χ3n) is 3.69. The summed E-state index contributed by atoms with van der Waals surface area (Å²) in [6.07, 6.45) is 5.29. The zero-order valence-corrected chi connectivity index (χ0v) is 11.6. The van der Waals surface area contributed by atoms with Crippen molar-refractivity contribution in [3.05, 3.63) is 47.2 Å². The van der Waals surface area contributed by atoms with Gasteiger partial charge in [-0.25, -0.2) is 0 Å². The van der Waals surface area contributed by atoms with Crippen molar-refractivity contribution in [1.29, 1.82) is 0 Å². The zero-order chi connectivity index (χ0) is 13.1. The normalized spacial score (nSPS) is 16.1. The quantitative estimate of drug-likeness (QED) is 0.880. The van der Waals surface area contributed by atoms with Gasteiger partial charge in [-0.1, -0.05) is 36.6 Å². The molecule has 1 aliphatic carbocycles. The fourth-order valence-electron chi connectivity index (χ4n) is 2.64.